The van der Waals surface area contributed by atoms with Gasteiger partial charge in [-0.25, -0.2) is 24.6 Å². The molecular weight excluding hydrogens is 446 g/mol. The van der Waals surface area contributed by atoms with Crippen LogP contribution in [0.1, 0.15) is 50.3 Å². The van der Waals surface area contributed by atoms with Crippen LogP contribution in [-0.4, -0.2) is 33.4 Å². The van der Waals surface area contributed by atoms with Crippen LogP contribution in [0.4, 0.5) is 14.6 Å². The van der Waals surface area contributed by atoms with Crippen molar-refractivity contribution in [2.24, 2.45) is 16.8 Å². The third kappa shape index (κ3) is 6.12. The zero-order valence-electron chi connectivity index (χ0n) is 19.4. The average Bonchev–Trinajstić information content (AvgIpc) is 3.28. The normalized spacial score (nSPS) is 15.4. The lowest BCUT2D eigenvalue weighted by Crippen LogP contribution is -2.46. The molecule has 1 unspecified atom stereocenters. The second kappa shape index (κ2) is 12.4. The van der Waals surface area contributed by atoms with Gasteiger partial charge in [0, 0.05) is 36.1 Å². The molecule has 33 heavy (non-hydrogen) atoms. The number of hydrazine groups is 1. The molecule has 1 atom stereocenters. The highest BCUT2D eigenvalue weighted by Crippen LogP contribution is 2.31. The summed E-state index contributed by atoms with van der Waals surface area (Å²) in [5, 5.41) is 8.71. The van der Waals surface area contributed by atoms with Gasteiger partial charge in [-0.3, -0.25) is 5.01 Å². The Morgan fingerprint density at radius 3 is 2.76 bits per heavy atom. The van der Waals surface area contributed by atoms with Crippen molar-refractivity contribution in [2.75, 3.05) is 12.3 Å². The summed E-state index contributed by atoms with van der Waals surface area (Å²) in [5.41, 5.74) is 8.10. The number of rotatable bonds is 6. The number of halogens is 2. The minimum absolute atomic E-state index is 0.0234. The van der Waals surface area contributed by atoms with Crippen LogP contribution < -0.4 is 22.7 Å². The summed E-state index contributed by atoms with van der Waals surface area (Å²) in [7, 11) is 0. The highest BCUT2D eigenvalue weighted by molar-refractivity contribution is 7.15. The summed E-state index contributed by atoms with van der Waals surface area (Å²) in [6, 6.07) is 0.526. The molecule has 0 aliphatic carbocycles. The number of hydrazone groups is 1. The van der Waals surface area contributed by atoms with Gasteiger partial charge >= 0.3 is 0 Å². The van der Waals surface area contributed by atoms with E-state index in [-0.39, 0.29) is 11.7 Å². The molecule has 7 N–H and O–H groups in total. The Bertz CT molecular complexity index is 1010. The molecule has 1 aliphatic rings. The number of allylic oxidation sites excluding steroid dienone is 3. The Morgan fingerprint density at radius 2 is 2.12 bits per heavy atom. The zero-order valence-corrected chi connectivity index (χ0v) is 20.2. The molecule has 11 heteroatoms. The van der Waals surface area contributed by atoms with Gasteiger partial charge in [-0.1, -0.05) is 26.8 Å². The van der Waals surface area contributed by atoms with Crippen LogP contribution >= 0.6 is 11.3 Å². The molecule has 0 fully saturated rings. The minimum Gasteiger partial charge on any atom is -0.383 e. The number of amidine groups is 1. The van der Waals surface area contributed by atoms with Crippen LogP contribution in [0, 0.1) is 0 Å². The minimum atomic E-state index is -1.18. The number of nitrogens with two attached hydrogens (primary N) is 3. The lowest BCUT2D eigenvalue weighted by molar-refractivity contribution is 0.322. The van der Waals surface area contributed by atoms with Gasteiger partial charge in [-0.2, -0.15) is 5.10 Å². The van der Waals surface area contributed by atoms with Crippen molar-refractivity contribution in [1.82, 2.24) is 20.3 Å². The summed E-state index contributed by atoms with van der Waals surface area (Å²) in [6.45, 7) is 8.87. The fraction of sp³-hybridized carbons (Fsp3) is 0.409. The predicted octanol–water partition coefficient (Wildman–Crippen LogP) is 3.76. The zero-order chi connectivity index (χ0) is 24.5. The van der Waals surface area contributed by atoms with Gasteiger partial charge in [-0.15, -0.1) is 11.3 Å². The summed E-state index contributed by atoms with van der Waals surface area (Å²) in [6.07, 6.45) is 5.60. The number of anilines is 1. The monoisotopic (exact) mass is 478 g/mol. The molecule has 0 saturated carbocycles. The van der Waals surface area contributed by atoms with Gasteiger partial charge < -0.3 is 16.9 Å². The van der Waals surface area contributed by atoms with Crippen LogP contribution in [0.5, 0.6) is 0 Å². The number of pyridine rings is 1. The van der Waals surface area contributed by atoms with Crippen LogP contribution in [0.15, 0.2) is 41.2 Å². The molecule has 2 aromatic rings. The van der Waals surface area contributed by atoms with Gasteiger partial charge in [0.25, 0.3) is 0 Å². The molecule has 0 spiro atoms. The van der Waals surface area contributed by atoms with E-state index in [9.17, 15) is 8.78 Å². The maximum absolute atomic E-state index is 14.5. The number of nitrogen functional groups attached to an aromatic ring is 1. The summed E-state index contributed by atoms with van der Waals surface area (Å²) < 4.78 is 28.6. The Kier molecular flexibility index (Phi) is 9.89. The smallest absolute Gasteiger partial charge is 0.173 e. The fourth-order valence-corrected chi connectivity index (χ4v) is 4.16. The first-order chi connectivity index (χ1) is 15.9. The van der Waals surface area contributed by atoms with Crippen molar-refractivity contribution >= 4 is 23.0 Å². The molecule has 0 aromatic carbocycles. The van der Waals surface area contributed by atoms with E-state index >= 15 is 0 Å². The second-order valence-corrected chi connectivity index (χ2v) is 8.10. The lowest BCUT2D eigenvalue weighted by atomic mass is 10.1. The Balaban J connectivity index is 0.00000187. The third-order valence-corrected chi connectivity index (χ3v) is 6.03. The number of hydrogen-bond donors (Lipinski definition) is 4. The predicted molar refractivity (Wildman–Crippen MR) is 131 cm³/mol. The quantitative estimate of drug-likeness (QED) is 0.163. The van der Waals surface area contributed by atoms with Crippen molar-refractivity contribution in [3.05, 3.63) is 52.2 Å². The lowest BCUT2D eigenvalue weighted by Gasteiger charge is -2.26. The topological polar surface area (TPSA) is 131 Å². The molecule has 1 aliphatic heterocycles. The first-order valence-electron chi connectivity index (χ1n) is 10.9. The van der Waals surface area contributed by atoms with Crippen LogP contribution in [0.2, 0.25) is 0 Å². The number of thiazole rings is 1. The van der Waals surface area contributed by atoms with Crippen molar-refractivity contribution in [3.8, 4) is 10.6 Å². The Morgan fingerprint density at radius 1 is 1.39 bits per heavy atom. The van der Waals surface area contributed by atoms with E-state index in [1.165, 1.54) is 17.9 Å². The molecule has 0 saturated heterocycles. The van der Waals surface area contributed by atoms with E-state index in [2.05, 4.69) is 15.4 Å². The van der Waals surface area contributed by atoms with Crippen molar-refractivity contribution in [1.29, 1.82) is 0 Å². The van der Waals surface area contributed by atoms with Crippen molar-refractivity contribution in [3.63, 3.8) is 0 Å². The molecule has 8 nitrogen and oxygen atoms in total. The van der Waals surface area contributed by atoms with Gasteiger partial charge in [0.1, 0.15) is 10.8 Å². The summed E-state index contributed by atoms with van der Waals surface area (Å²) in [5.74, 6) is 9.64. The first kappa shape index (κ1) is 26.4. The van der Waals surface area contributed by atoms with E-state index in [1.807, 2.05) is 20.8 Å². The van der Waals surface area contributed by atoms with Gasteiger partial charge in [0.05, 0.1) is 17.3 Å². The number of hydrogen-bond acceptors (Lipinski definition) is 8. The third-order valence-electron chi connectivity index (χ3n) is 4.89. The SMILES string of the molecule is CC.CC/C=C\C(F)=C(\F)C(C)N(N)/C(=N\N)c1cc(-c2nc3c(s2)CNCC3)cnc1N. The standard InChI is InChI=1S/C20H26F2N8S.C2H6/c1-3-4-5-14(21)17(22)11(2)30(25)19(29-24)13-8-12(9-27-18(13)23)20-28-15-6-7-26-10-16(15)31-20;1-2/h4-5,8-9,11,26H,3,6-7,10,24-25H2,1-2H3,(H2,23,27);1-2H3/b5-4-,17-14-,29-19-;. The van der Waals surface area contributed by atoms with E-state index in [0.29, 0.717) is 17.5 Å². The van der Waals surface area contributed by atoms with Gasteiger partial charge in [0.2, 0.25) is 0 Å². The first-order valence-corrected chi connectivity index (χ1v) is 11.7. The van der Waals surface area contributed by atoms with Crippen molar-refractivity contribution in [2.45, 2.75) is 53.1 Å². The van der Waals surface area contributed by atoms with Crippen molar-refractivity contribution < 1.29 is 8.78 Å². The molecule has 0 amide bonds. The number of nitrogens with zero attached hydrogens (tertiary/aromatic N) is 4. The Labute approximate surface area is 197 Å². The molecular formula is C22H32F2N8S. The van der Waals surface area contributed by atoms with Gasteiger partial charge in [-0.05, 0) is 25.5 Å². The van der Waals surface area contributed by atoms with Crippen LogP contribution in [-0.2, 0) is 13.0 Å². The maximum Gasteiger partial charge on any atom is 0.173 e. The largest absolute Gasteiger partial charge is 0.383 e. The summed E-state index contributed by atoms with van der Waals surface area (Å²) >= 11 is 1.56. The van der Waals surface area contributed by atoms with E-state index in [0.717, 1.165) is 41.3 Å². The number of nitrogens with one attached hydrogen (secondary N) is 1. The maximum atomic E-state index is 14.5. The summed E-state index contributed by atoms with van der Waals surface area (Å²) in [4.78, 5) is 10.1. The van der Waals surface area contributed by atoms with E-state index in [1.54, 1.807) is 23.6 Å². The molecule has 0 bridgehead atoms. The highest BCUT2D eigenvalue weighted by atomic mass is 32.1. The van der Waals surface area contributed by atoms with Crippen LogP contribution in [0.3, 0.4) is 0 Å². The average molecular weight is 479 g/mol. The molecule has 3 heterocycles. The highest BCUT2D eigenvalue weighted by Gasteiger charge is 2.25. The van der Waals surface area contributed by atoms with E-state index < -0.39 is 17.7 Å². The molecule has 0 radical (unpaired) electrons. The van der Waals surface area contributed by atoms with E-state index in [4.69, 9.17) is 22.4 Å². The van der Waals surface area contributed by atoms with Crippen LogP contribution in [0.25, 0.3) is 10.6 Å². The molecule has 2 aromatic heterocycles. The number of fused-ring (bicyclic) bond motifs is 1. The Hall–Kier alpha value is -2.89. The van der Waals surface area contributed by atoms with Gasteiger partial charge in [0.15, 0.2) is 17.5 Å². The molecule has 180 valence electrons. The second-order valence-electron chi connectivity index (χ2n) is 7.01. The fourth-order valence-electron chi connectivity index (χ4n) is 3.10. The number of aromatic nitrogens is 2. The molecule has 3 rings (SSSR count).